The third-order valence-corrected chi connectivity index (χ3v) is 3.84. The van der Waals surface area contributed by atoms with Crippen molar-refractivity contribution in [1.82, 2.24) is 9.97 Å². The Labute approximate surface area is 152 Å². The van der Waals surface area contributed by atoms with E-state index >= 15 is 0 Å². The lowest BCUT2D eigenvalue weighted by Gasteiger charge is -2.11. The van der Waals surface area contributed by atoms with E-state index in [2.05, 4.69) is 27.2 Å². The predicted molar refractivity (Wildman–Crippen MR) is 105 cm³/mol. The fourth-order valence-corrected chi connectivity index (χ4v) is 2.46. The molecule has 4 nitrogen and oxygen atoms in total. The lowest BCUT2D eigenvalue weighted by Crippen LogP contribution is -2.08. The van der Waals surface area contributed by atoms with Crippen LogP contribution in [-0.2, 0) is 6.54 Å². The highest BCUT2D eigenvalue weighted by Gasteiger charge is 2.06. The number of halogens is 1. The monoisotopic (exact) mass is 350 g/mol. The molecule has 5 heteroatoms. The molecule has 0 fully saturated rings. The second kappa shape index (κ2) is 8.31. The van der Waals surface area contributed by atoms with Crippen molar-refractivity contribution in [2.24, 2.45) is 0 Å². The predicted octanol–water partition coefficient (Wildman–Crippen LogP) is 5.01. The molecule has 0 amide bonds. The Morgan fingerprint density at radius 2 is 1.72 bits per heavy atom. The van der Waals surface area contributed by atoms with E-state index in [-0.39, 0.29) is 0 Å². The maximum absolute atomic E-state index is 5.93. The van der Waals surface area contributed by atoms with E-state index in [0.29, 0.717) is 19.0 Å². The van der Waals surface area contributed by atoms with Gasteiger partial charge in [-0.15, -0.1) is 6.58 Å². The summed E-state index contributed by atoms with van der Waals surface area (Å²) in [5.74, 6) is 1.33. The molecule has 126 valence electrons. The van der Waals surface area contributed by atoms with Crippen molar-refractivity contribution in [2.45, 2.75) is 6.54 Å². The summed E-state index contributed by atoms with van der Waals surface area (Å²) < 4.78 is 0. The normalized spacial score (nSPS) is 10.3. The summed E-state index contributed by atoms with van der Waals surface area (Å²) in [5, 5.41) is 7.22. The smallest absolute Gasteiger partial charge is 0.225 e. The summed E-state index contributed by atoms with van der Waals surface area (Å²) >= 11 is 5.93. The van der Waals surface area contributed by atoms with E-state index in [1.54, 1.807) is 6.08 Å². The molecule has 0 saturated heterocycles. The summed E-state index contributed by atoms with van der Waals surface area (Å²) in [5.41, 5.74) is 3.01. The van der Waals surface area contributed by atoms with E-state index in [4.69, 9.17) is 11.6 Å². The topological polar surface area (TPSA) is 49.8 Å². The van der Waals surface area contributed by atoms with Crippen molar-refractivity contribution in [3.05, 3.63) is 83.9 Å². The van der Waals surface area contributed by atoms with Gasteiger partial charge in [-0.1, -0.05) is 60.1 Å². The molecule has 1 aromatic heterocycles. The van der Waals surface area contributed by atoms with Crippen LogP contribution in [0.25, 0.3) is 11.3 Å². The molecule has 2 aromatic carbocycles. The molecule has 0 saturated carbocycles. The maximum atomic E-state index is 5.93. The third-order valence-electron chi connectivity index (χ3n) is 3.59. The van der Waals surface area contributed by atoms with Crippen molar-refractivity contribution in [1.29, 1.82) is 0 Å². The fourth-order valence-electron chi connectivity index (χ4n) is 2.33. The molecular weight excluding hydrogens is 332 g/mol. The first-order chi connectivity index (χ1) is 12.2. The average Bonchev–Trinajstić information content (AvgIpc) is 2.66. The van der Waals surface area contributed by atoms with Crippen LogP contribution in [0.15, 0.2) is 73.3 Å². The van der Waals surface area contributed by atoms with E-state index in [9.17, 15) is 0 Å². The van der Waals surface area contributed by atoms with Gasteiger partial charge in [0.25, 0.3) is 0 Å². The zero-order valence-electron chi connectivity index (χ0n) is 13.7. The van der Waals surface area contributed by atoms with Crippen molar-refractivity contribution in [3.8, 4) is 11.3 Å². The lowest BCUT2D eigenvalue weighted by atomic mass is 10.1. The molecule has 0 bridgehead atoms. The van der Waals surface area contributed by atoms with Gasteiger partial charge in [-0.25, -0.2) is 4.98 Å². The highest BCUT2D eigenvalue weighted by Crippen LogP contribution is 2.21. The largest absolute Gasteiger partial charge is 0.366 e. The molecule has 0 atom stereocenters. The van der Waals surface area contributed by atoms with Crippen molar-refractivity contribution in [2.75, 3.05) is 17.2 Å². The second-order valence-corrected chi connectivity index (χ2v) is 5.91. The van der Waals surface area contributed by atoms with Crippen LogP contribution < -0.4 is 10.6 Å². The van der Waals surface area contributed by atoms with E-state index < -0.39 is 0 Å². The minimum Gasteiger partial charge on any atom is -0.366 e. The number of hydrogen-bond donors (Lipinski definition) is 2. The van der Waals surface area contributed by atoms with Crippen molar-refractivity contribution < 1.29 is 0 Å². The Kier molecular flexibility index (Phi) is 5.65. The molecule has 0 spiro atoms. The summed E-state index contributed by atoms with van der Waals surface area (Å²) in [6.07, 6.45) is 1.80. The average molecular weight is 351 g/mol. The SMILES string of the molecule is C=CCNc1cc(-c2ccccc2)nc(NCc2ccc(Cl)cc2)n1. The highest BCUT2D eigenvalue weighted by molar-refractivity contribution is 6.30. The highest BCUT2D eigenvalue weighted by atomic mass is 35.5. The first kappa shape index (κ1) is 17.0. The molecule has 25 heavy (non-hydrogen) atoms. The molecule has 0 aliphatic rings. The van der Waals surface area contributed by atoms with Gasteiger partial charge in [-0.2, -0.15) is 4.98 Å². The first-order valence-corrected chi connectivity index (χ1v) is 8.40. The van der Waals surface area contributed by atoms with Crippen LogP contribution >= 0.6 is 11.6 Å². The number of hydrogen-bond acceptors (Lipinski definition) is 4. The van der Waals surface area contributed by atoms with E-state index in [1.807, 2.05) is 60.7 Å². The van der Waals surface area contributed by atoms with Gasteiger partial charge in [0.15, 0.2) is 0 Å². The lowest BCUT2D eigenvalue weighted by molar-refractivity contribution is 1.05. The number of nitrogens with zero attached hydrogens (tertiary/aromatic N) is 2. The van der Waals surface area contributed by atoms with Gasteiger partial charge >= 0.3 is 0 Å². The van der Waals surface area contributed by atoms with Gasteiger partial charge in [0.05, 0.1) is 5.69 Å². The fraction of sp³-hybridized carbons (Fsp3) is 0.100. The summed E-state index contributed by atoms with van der Waals surface area (Å²) in [6, 6.07) is 19.7. The third kappa shape index (κ3) is 4.81. The Morgan fingerprint density at radius 1 is 0.960 bits per heavy atom. The molecule has 0 radical (unpaired) electrons. The van der Waals surface area contributed by atoms with Gasteiger partial charge in [-0.05, 0) is 17.7 Å². The van der Waals surface area contributed by atoms with Crippen LogP contribution in [0, 0.1) is 0 Å². The standard InChI is InChI=1S/C20H19ClN4/c1-2-12-22-19-13-18(16-6-4-3-5-7-16)24-20(25-19)23-14-15-8-10-17(21)11-9-15/h2-11,13H,1,12,14H2,(H2,22,23,24,25). The molecule has 0 unspecified atom stereocenters. The Bertz CT molecular complexity index is 832. The van der Waals surface area contributed by atoms with Crippen LogP contribution in [0.3, 0.4) is 0 Å². The molecule has 0 aliphatic carbocycles. The van der Waals surface area contributed by atoms with Gasteiger partial charge in [-0.3, -0.25) is 0 Å². The molecule has 0 aliphatic heterocycles. The van der Waals surface area contributed by atoms with Crippen LogP contribution in [0.1, 0.15) is 5.56 Å². The first-order valence-electron chi connectivity index (χ1n) is 8.02. The molecule has 1 heterocycles. The quantitative estimate of drug-likeness (QED) is 0.588. The molecule has 2 N–H and O–H groups in total. The number of anilines is 2. The summed E-state index contributed by atoms with van der Waals surface area (Å²) in [7, 11) is 0. The Hall–Kier alpha value is -2.85. The Balaban J connectivity index is 1.83. The number of nitrogens with one attached hydrogen (secondary N) is 2. The van der Waals surface area contributed by atoms with Gasteiger partial charge in [0.1, 0.15) is 5.82 Å². The van der Waals surface area contributed by atoms with Gasteiger partial charge < -0.3 is 10.6 Å². The summed E-state index contributed by atoms with van der Waals surface area (Å²) in [6.45, 7) is 4.99. The maximum Gasteiger partial charge on any atom is 0.225 e. The van der Waals surface area contributed by atoms with Crippen molar-refractivity contribution in [3.63, 3.8) is 0 Å². The van der Waals surface area contributed by atoms with Crippen LogP contribution in [-0.4, -0.2) is 16.5 Å². The minimum atomic E-state index is 0.572. The summed E-state index contributed by atoms with van der Waals surface area (Å²) in [4.78, 5) is 9.15. The van der Waals surface area contributed by atoms with Crippen LogP contribution in [0.5, 0.6) is 0 Å². The number of rotatable bonds is 7. The van der Waals surface area contributed by atoms with Crippen molar-refractivity contribution >= 4 is 23.4 Å². The van der Waals surface area contributed by atoms with Crippen LogP contribution in [0.2, 0.25) is 5.02 Å². The number of aromatic nitrogens is 2. The zero-order valence-corrected chi connectivity index (χ0v) is 14.5. The van der Waals surface area contributed by atoms with Gasteiger partial charge in [0.2, 0.25) is 5.95 Å². The van der Waals surface area contributed by atoms with Gasteiger partial charge in [0, 0.05) is 29.7 Å². The second-order valence-electron chi connectivity index (χ2n) is 5.48. The Morgan fingerprint density at radius 3 is 2.44 bits per heavy atom. The molecule has 3 aromatic rings. The van der Waals surface area contributed by atoms with E-state index in [1.165, 1.54) is 0 Å². The zero-order chi connectivity index (χ0) is 17.5. The van der Waals surface area contributed by atoms with Crippen LogP contribution in [0.4, 0.5) is 11.8 Å². The van der Waals surface area contributed by atoms with E-state index in [0.717, 1.165) is 27.7 Å². The molecule has 3 rings (SSSR count). The number of benzene rings is 2. The molecular formula is C20H19ClN4. The minimum absolute atomic E-state index is 0.572.